The van der Waals surface area contributed by atoms with Crippen LogP contribution >= 0.6 is 0 Å². The Labute approximate surface area is 340 Å². The molecule has 0 aromatic carbocycles. The van der Waals surface area contributed by atoms with E-state index in [1.54, 1.807) is 0 Å². The molecule has 0 N–H and O–H groups in total. The molecule has 0 rings (SSSR count). The number of carbonyl (C=O) groups excluding carboxylic acids is 3. The predicted octanol–water partition coefficient (Wildman–Crippen LogP) is 15.0. The lowest BCUT2D eigenvalue weighted by Gasteiger charge is -2.18. The summed E-state index contributed by atoms with van der Waals surface area (Å²) in [7, 11) is 0. The van der Waals surface area contributed by atoms with E-state index in [0.717, 1.165) is 64.2 Å². The molecule has 0 atom stereocenters. The molecule has 0 radical (unpaired) electrons. The number of esters is 3. The third-order valence-electron chi connectivity index (χ3n) is 10.1. The van der Waals surface area contributed by atoms with Crippen molar-refractivity contribution in [2.24, 2.45) is 0 Å². The molecule has 0 fully saturated rings. The van der Waals surface area contributed by atoms with E-state index in [9.17, 15) is 14.4 Å². The van der Waals surface area contributed by atoms with Crippen molar-refractivity contribution in [3.63, 3.8) is 0 Å². The first-order valence-electron chi connectivity index (χ1n) is 23.5. The first-order chi connectivity index (χ1) is 27.0. The van der Waals surface area contributed by atoms with E-state index in [4.69, 9.17) is 14.2 Å². The van der Waals surface area contributed by atoms with Gasteiger partial charge in [0.05, 0.1) is 0 Å². The molecule has 6 nitrogen and oxygen atoms in total. The zero-order valence-corrected chi connectivity index (χ0v) is 36.4. The Morgan fingerprint density at radius 2 is 0.655 bits per heavy atom. The normalized spacial score (nSPS) is 11.8. The Morgan fingerprint density at radius 3 is 1.05 bits per heavy atom. The minimum atomic E-state index is -0.784. The molecule has 55 heavy (non-hydrogen) atoms. The summed E-state index contributed by atoms with van der Waals surface area (Å²) >= 11 is 0. The summed E-state index contributed by atoms with van der Waals surface area (Å²) in [5.41, 5.74) is 0. The molecule has 0 aliphatic heterocycles. The standard InChI is InChI=1S/C49H88O6/c1-4-7-10-13-16-19-22-23-24-25-28-31-34-37-40-43-49(52)55-46(44-53-47(50)41-38-35-32-29-26-20-17-14-11-8-5-2)45-54-48(51)42-39-36-33-30-27-21-18-15-12-9-6-3/h16,19,23-24,28,31,46H,4-15,17-18,20-22,25-27,29-30,32-45H2,1-3H3/b19-16-,24-23-,31-28-. The topological polar surface area (TPSA) is 78.9 Å². The first-order valence-corrected chi connectivity index (χ1v) is 23.5. The van der Waals surface area contributed by atoms with Crippen LogP contribution in [0.1, 0.15) is 239 Å². The summed E-state index contributed by atoms with van der Waals surface area (Å²) in [6.45, 7) is 6.56. The summed E-state index contributed by atoms with van der Waals surface area (Å²) in [4.78, 5) is 37.7. The predicted molar refractivity (Wildman–Crippen MR) is 233 cm³/mol. The van der Waals surface area contributed by atoms with Crippen molar-refractivity contribution < 1.29 is 28.6 Å². The molecule has 0 heterocycles. The van der Waals surface area contributed by atoms with Gasteiger partial charge < -0.3 is 14.2 Å². The Hall–Kier alpha value is -2.37. The molecule has 0 aromatic heterocycles. The Bertz CT molecular complexity index is 896. The molecule has 0 aliphatic rings. The number of ether oxygens (including phenoxy) is 3. The lowest BCUT2D eigenvalue weighted by molar-refractivity contribution is -0.167. The van der Waals surface area contributed by atoms with Gasteiger partial charge in [-0.05, 0) is 57.8 Å². The van der Waals surface area contributed by atoms with Crippen molar-refractivity contribution in [3.05, 3.63) is 36.5 Å². The first kappa shape index (κ1) is 52.6. The van der Waals surface area contributed by atoms with E-state index < -0.39 is 6.10 Å². The molecule has 0 bridgehead atoms. The van der Waals surface area contributed by atoms with Crippen LogP contribution in [0.4, 0.5) is 0 Å². The number of hydrogen-bond donors (Lipinski definition) is 0. The van der Waals surface area contributed by atoms with E-state index in [0.29, 0.717) is 19.3 Å². The average Bonchev–Trinajstić information content (AvgIpc) is 3.18. The summed E-state index contributed by atoms with van der Waals surface area (Å²) in [6.07, 6.45) is 49.8. The molecule has 6 heteroatoms. The van der Waals surface area contributed by atoms with Crippen molar-refractivity contribution in [3.8, 4) is 0 Å². The van der Waals surface area contributed by atoms with Gasteiger partial charge in [0.15, 0.2) is 6.10 Å². The van der Waals surface area contributed by atoms with E-state index in [-0.39, 0.29) is 37.5 Å². The van der Waals surface area contributed by atoms with Crippen LogP contribution in [-0.2, 0) is 28.6 Å². The maximum Gasteiger partial charge on any atom is 0.306 e. The van der Waals surface area contributed by atoms with Crippen LogP contribution in [-0.4, -0.2) is 37.2 Å². The number of unbranched alkanes of at least 4 members (excludes halogenated alkanes) is 25. The van der Waals surface area contributed by atoms with Gasteiger partial charge in [0.2, 0.25) is 0 Å². The zero-order valence-electron chi connectivity index (χ0n) is 36.4. The van der Waals surface area contributed by atoms with Gasteiger partial charge >= 0.3 is 17.9 Å². The van der Waals surface area contributed by atoms with Gasteiger partial charge in [-0.1, -0.05) is 198 Å². The summed E-state index contributed by atoms with van der Waals surface area (Å²) in [6, 6.07) is 0. The average molecular weight is 773 g/mol. The SMILES string of the molecule is CCCCC/C=C\C/C=C\C/C=C\CCCCC(=O)OC(COC(=O)CCCCCCCCCCCCC)COC(=O)CCCCCCCCCCCCC. The third-order valence-corrected chi connectivity index (χ3v) is 10.1. The number of hydrogen-bond acceptors (Lipinski definition) is 6. The lowest BCUT2D eigenvalue weighted by Crippen LogP contribution is -2.30. The second-order valence-corrected chi connectivity index (χ2v) is 15.7. The van der Waals surface area contributed by atoms with Crippen LogP contribution in [0.3, 0.4) is 0 Å². The summed E-state index contributed by atoms with van der Waals surface area (Å²) in [5.74, 6) is -0.919. The molecule has 0 unspecified atom stereocenters. The molecule has 0 saturated heterocycles. The molecule has 0 spiro atoms. The molecule has 0 aromatic rings. The number of carbonyl (C=O) groups is 3. The van der Waals surface area contributed by atoms with Crippen LogP contribution in [0.25, 0.3) is 0 Å². The molecule has 0 saturated carbocycles. The van der Waals surface area contributed by atoms with E-state index >= 15 is 0 Å². The van der Waals surface area contributed by atoms with E-state index in [2.05, 4.69) is 57.2 Å². The molecule has 320 valence electrons. The van der Waals surface area contributed by atoms with Crippen molar-refractivity contribution in [1.82, 2.24) is 0 Å². The minimum Gasteiger partial charge on any atom is -0.462 e. The Kier molecular flexibility index (Phi) is 42.4. The fourth-order valence-electron chi connectivity index (χ4n) is 6.57. The van der Waals surface area contributed by atoms with Gasteiger partial charge in [-0.15, -0.1) is 0 Å². The van der Waals surface area contributed by atoms with Gasteiger partial charge in [0, 0.05) is 19.3 Å². The van der Waals surface area contributed by atoms with Gasteiger partial charge in [0.1, 0.15) is 13.2 Å². The van der Waals surface area contributed by atoms with Crippen molar-refractivity contribution in [2.75, 3.05) is 13.2 Å². The highest BCUT2D eigenvalue weighted by Gasteiger charge is 2.19. The zero-order chi connectivity index (χ0) is 40.1. The third kappa shape index (κ3) is 42.6. The largest absolute Gasteiger partial charge is 0.462 e. The number of allylic oxidation sites excluding steroid dienone is 6. The van der Waals surface area contributed by atoms with Crippen LogP contribution in [0.5, 0.6) is 0 Å². The molecular weight excluding hydrogens is 685 g/mol. The monoisotopic (exact) mass is 773 g/mol. The second kappa shape index (κ2) is 44.3. The highest BCUT2D eigenvalue weighted by molar-refractivity contribution is 5.71. The molecule has 0 aliphatic carbocycles. The molecule has 0 amide bonds. The van der Waals surface area contributed by atoms with Gasteiger partial charge in [-0.2, -0.15) is 0 Å². The Morgan fingerprint density at radius 1 is 0.364 bits per heavy atom. The Balaban J connectivity index is 4.43. The fourth-order valence-corrected chi connectivity index (χ4v) is 6.57. The van der Waals surface area contributed by atoms with E-state index in [1.807, 2.05) is 0 Å². The highest BCUT2D eigenvalue weighted by Crippen LogP contribution is 2.14. The smallest absolute Gasteiger partial charge is 0.306 e. The maximum atomic E-state index is 12.7. The van der Waals surface area contributed by atoms with Crippen LogP contribution in [0, 0.1) is 0 Å². The number of rotatable bonds is 42. The van der Waals surface area contributed by atoms with Gasteiger partial charge in [-0.3, -0.25) is 14.4 Å². The van der Waals surface area contributed by atoms with Crippen LogP contribution in [0.2, 0.25) is 0 Å². The molecular formula is C49H88O6. The van der Waals surface area contributed by atoms with Crippen molar-refractivity contribution >= 4 is 17.9 Å². The van der Waals surface area contributed by atoms with Crippen LogP contribution < -0.4 is 0 Å². The highest BCUT2D eigenvalue weighted by atomic mass is 16.6. The van der Waals surface area contributed by atoms with Crippen molar-refractivity contribution in [1.29, 1.82) is 0 Å². The summed E-state index contributed by atoms with van der Waals surface area (Å²) < 4.78 is 16.7. The van der Waals surface area contributed by atoms with Crippen molar-refractivity contribution in [2.45, 2.75) is 245 Å². The van der Waals surface area contributed by atoms with E-state index in [1.165, 1.54) is 128 Å². The minimum absolute atomic E-state index is 0.0841. The van der Waals surface area contributed by atoms with Crippen LogP contribution in [0.15, 0.2) is 36.5 Å². The second-order valence-electron chi connectivity index (χ2n) is 15.7. The maximum absolute atomic E-state index is 12.7. The summed E-state index contributed by atoms with van der Waals surface area (Å²) in [5, 5.41) is 0. The van der Waals surface area contributed by atoms with Gasteiger partial charge in [0.25, 0.3) is 0 Å². The van der Waals surface area contributed by atoms with Gasteiger partial charge in [-0.25, -0.2) is 0 Å². The fraction of sp³-hybridized carbons (Fsp3) is 0.816. The quantitative estimate of drug-likeness (QED) is 0.0266. The lowest BCUT2D eigenvalue weighted by atomic mass is 10.1.